The van der Waals surface area contributed by atoms with Gasteiger partial charge in [0, 0.05) is 19.6 Å². The minimum absolute atomic E-state index is 0.0920. The maximum Gasteiger partial charge on any atom is 0.237 e. The number of carbonyl (C=O) groups is 1. The van der Waals surface area contributed by atoms with E-state index in [0.717, 1.165) is 19.4 Å². The fourth-order valence-electron chi connectivity index (χ4n) is 2.05. The molecule has 0 radical (unpaired) electrons. The minimum atomic E-state index is -0.886. The Morgan fingerprint density at radius 2 is 2.40 bits per heavy atom. The summed E-state index contributed by atoms with van der Waals surface area (Å²) < 4.78 is 18.1. The Morgan fingerprint density at radius 3 is 3.00 bits per heavy atom. The van der Waals surface area contributed by atoms with Gasteiger partial charge in [0.2, 0.25) is 5.91 Å². The molecular formula is C10H17FN2O2. The van der Waals surface area contributed by atoms with Crippen molar-refractivity contribution in [1.29, 1.82) is 0 Å². The summed E-state index contributed by atoms with van der Waals surface area (Å²) in [5.41, 5.74) is 0. The summed E-state index contributed by atoms with van der Waals surface area (Å²) in [7, 11) is 0. The fraction of sp³-hybridized carbons (Fsp3) is 0.900. The molecule has 3 atom stereocenters. The Kier molecular flexibility index (Phi) is 3.53. The highest BCUT2D eigenvalue weighted by atomic mass is 19.1. The van der Waals surface area contributed by atoms with Crippen molar-refractivity contribution in [1.82, 2.24) is 10.6 Å². The zero-order chi connectivity index (χ0) is 10.7. The average Bonchev–Trinajstić information content (AvgIpc) is 2.66. The van der Waals surface area contributed by atoms with E-state index in [1.54, 1.807) is 0 Å². The molecule has 5 heteroatoms. The average molecular weight is 216 g/mol. The van der Waals surface area contributed by atoms with Crippen LogP contribution < -0.4 is 10.6 Å². The summed E-state index contributed by atoms with van der Waals surface area (Å²) >= 11 is 0. The van der Waals surface area contributed by atoms with E-state index in [4.69, 9.17) is 4.74 Å². The standard InChI is InChI=1S/C10H17FN2O2/c11-7-4-9(12-5-7)10(14)13-8-2-1-3-15-6-8/h7-9,12H,1-6H2,(H,13,14)/t7-,8?,9+/m0/s1. The highest BCUT2D eigenvalue weighted by Gasteiger charge is 2.30. The Hall–Kier alpha value is -0.680. The van der Waals surface area contributed by atoms with E-state index in [-0.39, 0.29) is 18.0 Å². The van der Waals surface area contributed by atoms with E-state index < -0.39 is 6.17 Å². The van der Waals surface area contributed by atoms with E-state index in [1.807, 2.05) is 0 Å². The molecule has 4 nitrogen and oxygen atoms in total. The van der Waals surface area contributed by atoms with E-state index >= 15 is 0 Å². The third-order valence-electron chi connectivity index (χ3n) is 2.90. The first-order chi connectivity index (χ1) is 7.25. The van der Waals surface area contributed by atoms with Crippen LogP contribution in [0.3, 0.4) is 0 Å². The largest absolute Gasteiger partial charge is 0.379 e. The molecule has 0 spiro atoms. The van der Waals surface area contributed by atoms with Crippen molar-refractivity contribution in [3.8, 4) is 0 Å². The molecule has 2 saturated heterocycles. The Morgan fingerprint density at radius 1 is 1.53 bits per heavy atom. The Balaban J connectivity index is 1.76. The number of rotatable bonds is 2. The van der Waals surface area contributed by atoms with Crippen LogP contribution in [-0.2, 0) is 9.53 Å². The molecule has 1 unspecified atom stereocenters. The van der Waals surface area contributed by atoms with Crippen molar-refractivity contribution in [3.63, 3.8) is 0 Å². The van der Waals surface area contributed by atoms with Gasteiger partial charge in [0.15, 0.2) is 0 Å². The smallest absolute Gasteiger partial charge is 0.237 e. The summed E-state index contributed by atoms with van der Waals surface area (Å²) in [6.45, 7) is 1.65. The summed E-state index contributed by atoms with van der Waals surface area (Å²) in [5.74, 6) is -0.0920. The van der Waals surface area contributed by atoms with Crippen LogP contribution in [0.2, 0.25) is 0 Å². The number of halogens is 1. The predicted octanol–water partition coefficient (Wildman–Crippen LogP) is -0.0184. The maximum absolute atomic E-state index is 12.8. The molecule has 0 bridgehead atoms. The highest BCUT2D eigenvalue weighted by Crippen LogP contribution is 2.11. The van der Waals surface area contributed by atoms with E-state index in [2.05, 4.69) is 10.6 Å². The maximum atomic E-state index is 12.8. The minimum Gasteiger partial charge on any atom is -0.379 e. The zero-order valence-electron chi connectivity index (χ0n) is 8.67. The molecular weight excluding hydrogens is 199 g/mol. The van der Waals surface area contributed by atoms with Gasteiger partial charge in [0.25, 0.3) is 0 Å². The van der Waals surface area contributed by atoms with Gasteiger partial charge >= 0.3 is 0 Å². The van der Waals surface area contributed by atoms with Gasteiger partial charge in [0.05, 0.1) is 18.7 Å². The molecule has 0 aromatic rings. The number of hydrogen-bond donors (Lipinski definition) is 2. The quantitative estimate of drug-likeness (QED) is 0.682. The van der Waals surface area contributed by atoms with Crippen LogP contribution in [-0.4, -0.2) is 43.9 Å². The zero-order valence-corrected chi connectivity index (χ0v) is 8.67. The molecule has 2 aliphatic heterocycles. The molecule has 2 fully saturated rings. The second-order valence-corrected chi connectivity index (χ2v) is 4.22. The van der Waals surface area contributed by atoms with Crippen molar-refractivity contribution < 1.29 is 13.9 Å². The van der Waals surface area contributed by atoms with E-state index in [0.29, 0.717) is 19.6 Å². The van der Waals surface area contributed by atoms with Crippen molar-refractivity contribution in [2.24, 2.45) is 0 Å². The topological polar surface area (TPSA) is 50.4 Å². The van der Waals surface area contributed by atoms with Gasteiger partial charge in [-0.1, -0.05) is 0 Å². The molecule has 2 N–H and O–H groups in total. The predicted molar refractivity (Wildman–Crippen MR) is 53.3 cm³/mol. The Labute approximate surface area is 88.6 Å². The van der Waals surface area contributed by atoms with Crippen molar-refractivity contribution >= 4 is 5.91 Å². The molecule has 86 valence electrons. The molecule has 0 aromatic heterocycles. The van der Waals surface area contributed by atoms with Gasteiger partial charge in [0.1, 0.15) is 6.17 Å². The number of hydrogen-bond acceptors (Lipinski definition) is 3. The fourth-order valence-corrected chi connectivity index (χ4v) is 2.05. The molecule has 2 heterocycles. The van der Waals surface area contributed by atoms with Crippen LogP contribution in [0, 0.1) is 0 Å². The van der Waals surface area contributed by atoms with Crippen LogP contribution in [0.25, 0.3) is 0 Å². The first-order valence-electron chi connectivity index (χ1n) is 5.51. The lowest BCUT2D eigenvalue weighted by Crippen LogP contribution is -2.47. The molecule has 2 rings (SSSR count). The molecule has 0 aliphatic carbocycles. The molecule has 2 aliphatic rings. The highest BCUT2D eigenvalue weighted by molar-refractivity contribution is 5.82. The molecule has 15 heavy (non-hydrogen) atoms. The van der Waals surface area contributed by atoms with Gasteiger partial charge < -0.3 is 15.4 Å². The number of alkyl halides is 1. The van der Waals surface area contributed by atoms with E-state index in [9.17, 15) is 9.18 Å². The summed E-state index contributed by atoms with van der Waals surface area (Å²) in [5, 5.41) is 5.76. The number of nitrogens with one attached hydrogen (secondary N) is 2. The van der Waals surface area contributed by atoms with Crippen LogP contribution >= 0.6 is 0 Å². The third-order valence-corrected chi connectivity index (χ3v) is 2.90. The SMILES string of the molecule is O=C(NC1CCCOC1)[C@H]1C[C@H](F)CN1. The normalized spacial score (nSPS) is 36.5. The van der Waals surface area contributed by atoms with Crippen molar-refractivity contribution in [3.05, 3.63) is 0 Å². The van der Waals surface area contributed by atoms with Gasteiger partial charge in [-0.15, -0.1) is 0 Å². The van der Waals surface area contributed by atoms with Gasteiger partial charge in [-0.2, -0.15) is 0 Å². The lowest BCUT2D eigenvalue weighted by atomic mass is 10.1. The van der Waals surface area contributed by atoms with E-state index in [1.165, 1.54) is 0 Å². The lowest BCUT2D eigenvalue weighted by molar-refractivity contribution is -0.124. The van der Waals surface area contributed by atoms with Crippen molar-refractivity contribution in [2.75, 3.05) is 19.8 Å². The summed E-state index contributed by atoms with van der Waals surface area (Å²) in [6, 6.07) is -0.256. The summed E-state index contributed by atoms with van der Waals surface area (Å²) in [6.07, 6.45) is 1.34. The number of carbonyl (C=O) groups excluding carboxylic acids is 1. The van der Waals surface area contributed by atoms with Crippen molar-refractivity contribution in [2.45, 2.75) is 37.5 Å². The summed E-state index contributed by atoms with van der Waals surface area (Å²) in [4.78, 5) is 11.7. The number of ether oxygens (including phenoxy) is 1. The van der Waals surface area contributed by atoms with Crippen LogP contribution in [0.5, 0.6) is 0 Å². The first-order valence-corrected chi connectivity index (χ1v) is 5.51. The second kappa shape index (κ2) is 4.90. The Bertz CT molecular complexity index is 231. The molecule has 1 amide bonds. The molecule has 0 aromatic carbocycles. The van der Waals surface area contributed by atoms with Gasteiger partial charge in [-0.25, -0.2) is 4.39 Å². The first kappa shape index (κ1) is 10.8. The third kappa shape index (κ3) is 2.89. The molecule has 0 saturated carbocycles. The van der Waals surface area contributed by atoms with Gasteiger partial charge in [-0.3, -0.25) is 4.79 Å². The monoisotopic (exact) mass is 216 g/mol. The van der Waals surface area contributed by atoms with Crippen LogP contribution in [0.15, 0.2) is 0 Å². The lowest BCUT2D eigenvalue weighted by Gasteiger charge is -2.24. The van der Waals surface area contributed by atoms with Gasteiger partial charge in [-0.05, 0) is 12.8 Å². The van der Waals surface area contributed by atoms with Crippen LogP contribution in [0.4, 0.5) is 4.39 Å². The second-order valence-electron chi connectivity index (χ2n) is 4.22. The van der Waals surface area contributed by atoms with Crippen LogP contribution in [0.1, 0.15) is 19.3 Å². The number of amides is 1.